The number of anilines is 1. The molecule has 0 aromatic carbocycles. The molecule has 0 spiro atoms. The Morgan fingerprint density at radius 3 is 3.00 bits per heavy atom. The van der Waals surface area contributed by atoms with E-state index in [9.17, 15) is 9.59 Å². The van der Waals surface area contributed by atoms with Crippen LogP contribution in [-0.2, 0) is 11.2 Å². The van der Waals surface area contributed by atoms with Gasteiger partial charge in [0, 0.05) is 54.7 Å². The van der Waals surface area contributed by atoms with Gasteiger partial charge in [-0.1, -0.05) is 0 Å². The van der Waals surface area contributed by atoms with Gasteiger partial charge < -0.3 is 15.2 Å². The molecule has 0 saturated heterocycles. The highest BCUT2D eigenvalue weighted by molar-refractivity contribution is 5.97. The summed E-state index contributed by atoms with van der Waals surface area (Å²) in [5, 5.41) is 3.74. The van der Waals surface area contributed by atoms with Gasteiger partial charge in [0.1, 0.15) is 5.82 Å². The number of nitrogens with zero attached hydrogens (tertiary/aromatic N) is 3. The Labute approximate surface area is 150 Å². The van der Waals surface area contributed by atoms with Crippen molar-refractivity contribution in [3.05, 3.63) is 53.6 Å². The van der Waals surface area contributed by atoms with Gasteiger partial charge >= 0.3 is 0 Å². The molecule has 0 bridgehead atoms. The minimum Gasteiger partial charge on any atom is -0.361 e. The van der Waals surface area contributed by atoms with Gasteiger partial charge in [0.2, 0.25) is 5.91 Å². The summed E-state index contributed by atoms with van der Waals surface area (Å²) < 4.78 is 0. The van der Waals surface area contributed by atoms with Crippen molar-refractivity contribution in [3.63, 3.8) is 0 Å². The molecule has 0 saturated carbocycles. The first kappa shape index (κ1) is 16.3. The third-order valence-corrected chi connectivity index (χ3v) is 4.96. The summed E-state index contributed by atoms with van der Waals surface area (Å²) in [6, 6.07) is 3.61. The van der Waals surface area contributed by atoms with Crippen LogP contribution >= 0.6 is 0 Å². The maximum Gasteiger partial charge on any atom is 0.255 e. The second-order valence-corrected chi connectivity index (χ2v) is 6.54. The maximum absolute atomic E-state index is 12.9. The molecular weight excluding hydrogens is 330 g/mol. The minimum absolute atomic E-state index is 0.0391. The van der Waals surface area contributed by atoms with Crippen LogP contribution in [0.1, 0.15) is 40.9 Å². The maximum atomic E-state index is 12.9. The smallest absolute Gasteiger partial charge is 0.255 e. The van der Waals surface area contributed by atoms with Crippen LogP contribution in [0, 0.1) is 0 Å². The quantitative estimate of drug-likeness (QED) is 0.760. The zero-order chi connectivity index (χ0) is 18.3. The minimum atomic E-state index is -0.129. The molecule has 0 aliphatic carbocycles. The Balaban J connectivity index is 1.60. The van der Waals surface area contributed by atoms with Gasteiger partial charge in [-0.2, -0.15) is 0 Å². The summed E-state index contributed by atoms with van der Waals surface area (Å²) in [5.41, 5.74) is 3.43. The highest BCUT2D eigenvalue weighted by atomic mass is 16.2. The summed E-state index contributed by atoms with van der Waals surface area (Å²) in [5.74, 6) is 0.405. The second kappa shape index (κ2) is 6.25. The van der Waals surface area contributed by atoms with Crippen molar-refractivity contribution < 1.29 is 9.59 Å². The average Bonchev–Trinajstić information content (AvgIpc) is 3.10. The Morgan fingerprint density at radius 2 is 2.15 bits per heavy atom. The van der Waals surface area contributed by atoms with Crippen molar-refractivity contribution in [2.45, 2.75) is 25.8 Å². The van der Waals surface area contributed by atoms with E-state index in [1.165, 1.54) is 6.20 Å². The highest BCUT2D eigenvalue weighted by Gasteiger charge is 2.24. The van der Waals surface area contributed by atoms with Gasteiger partial charge in [0.15, 0.2) is 0 Å². The van der Waals surface area contributed by atoms with Gasteiger partial charge in [-0.05, 0) is 31.0 Å². The molecule has 1 aliphatic rings. The number of carbonyl (C=O) groups is 2. The first-order valence-corrected chi connectivity index (χ1v) is 8.51. The van der Waals surface area contributed by atoms with Gasteiger partial charge in [-0.3, -0.25) is 14.6 Å². The number of H-pyrrole nitrogens is 1. The monoisotopic (exact) mass is 349 g/mol. The summed E-state index contributed by atoms with van der Waals surface area (Å²) in [4.78, 5) is 37.7. The third-order valence-electron chi connectivity index (χ3n) is 4.96. The van der Waals surface area contributed by atoms with Crippen molar-refractivity contribution >= 4 is 28.5 Å². The van der Waals surface area contributed by atoms with Crippen molar-refractivity contribution in [2.24, 2.45) is 0 Å². The molecule has 3 aromatic rings. The van der Waals surface area contributed by atoms with Gasteiger partial charge in [0.05, 0.1) is 11.6 Å². The van der Waals surface area contributed by atoms with Gasteiger partial charge in [0.25, 0.3) is 5.91 Å². The van der Waals surface area contributed by atoms with Crippen LogP contribution in [0.25, 0.3) is 10.9 Å². The molecule has 4 rings (SSSR count). The lowest BCUT2D eigenvalue weighted by Gasteiger charge is -2.25. The van der Waals surface area contributed by atoms with Crippen LogP contribution in [0.5, 0.6) is 0 Å². The van der Waals surface area contributed by atoms with E-state index < -0.39 is 0 Å². The molecule has 1 unspecified atom stereocenters. The van der Waals surface area contributed by atoms with E-state index in [4.69, 9.17) is 0 Å². The molecule has 4 heterocycles. The molecule has 7 nitrogen and oxygen atoms in total. The number of aromatic nitrogens is 3. The van der Waals surface area contributed by atoms with Crippen LogP contribution in [0.2, 0.25) is 0 Å². The van der Waals surface area contributed by atoms with Crippen LogP contribution < -0.4 is 5.32 Å². The molecule has 7 heteroatoms. The lowest BCUT2D eigenvalue weighted by atomic mass is 10.0. The number of rotatable bonds is 3. The lowest BCUT2D eigenvalue weighted by molar-refractivity contribution is -0.116. The molecule has 3 aromatic heterocycles. The number of nitrogens with one attached hydrogen (secondary N) is 2. The fraction of sp³-hybridized carbons (Fsp3) is 0.263. The number of hydrogen-bond donors (Lipinski definition) is 2. The molecule has 0 radical (unpaired) electrons. The molecule has 26 heavy (non-hydrogen) atoms. The third kappa shape index (κ3) is 2.71. The summed E-state index contributed by atoms with van der Waals surface area (Å²) in [6.45, 7) is 1.99. The van der Waals surface area contributed by atoms with Crippen molar-refractivity contribution in [2.75, 3.05) is 12.4 Å². The Bertz CT molecular complexity index is 1010. The number of aromatic amines is 1. The second-order valence-electron chi connectivity index (χ2n) is 6.54. The zero-order valence-corrected chi connectivity index (χ0v) is 14.6. The van der Waals surface area contributed by atoms with E-state index in [1.807, 2.05) is 25.3 Å². The van der Waals surface area contributed by atoms with Gasteiger partial charge in [-0.15, -0.1) is 0 Å². The Kier molecular flexibility index (Phi) is 3.91. The van der Waals surface area contributed by atoms with E-state index in [1.54, 1.807) is 24.3 Å². The van der Waals surface area contributed by atoms with Crippen LogP contribution in [-0.4, -0.2) is 38.7 Å². The molecule has 132 valence electrons. The molecule has 1 aliphatic heterocycles. The fourth-order valence-electron chi connectivity index (χ4n) is 3.29. The molecule has 2 N–H and O–H groups in total. The van der Waals surface area contributed by atoms with Crippen LogP contribution in [0.3, 0.4) is 0 Å². The van der Waals surface area contributed by atoms with Crippen LogP contribution in [0.15, 0.2) is 36.9 Å². The normalized spacial score (nSPS) is 14.6. The first-order chi connectivity index (χ1) is 12.5. The fourth-order valence-corrected chi connectivity index (χ4v) is 3.29. The standard InChI is InChI=1S/C19H19N5O2/c1-11(14-10-21-16-5-6-20-9-15(14)16)24(2)19(26)13-7-12-3-4-17(25)23-18(12)22-8-13/h5-11,21H,3-4H2,1-2H3,(H,22,23,25). The van der Waals surface area contributed by atoms with Crippen molar-refractivity contribution in [1.82, 2.24) is 19.9 Å². The van der Waals surface area contributed by atoms with E-state index >= 15 is 0 Å². The zero-order valence-electron chi connectivity index (χ0n) is 14.6. The molecule has 2 amide bonds. The first-order valence-electron chi connectivity index (χ1n) is 8.51. The lowest BCUT2D eigenvalue weighted by Crippen LogP contribution is -2.30. The van der Waals surface area contributed by atoms with Crippen molar-refractivity contribution in [3.8, 4) is 0 Å². The topological polar surface area (TPSA) is 91.0 Å². The molecular formula is C19H19N5O2. The number of fused-ring (bicyclic) bond motifs is 2. The molecule has 0 fully saturated rings. The predicted octanol–water partition coefficient (Wildman–Crippen LogP) is 2.68. The highest BCUT2D eigenvalue weighted by Crippen LogP contribution is 2.28. The number of pyridine rings is 2. The van der Waals surface area contributed by atoms with Crippen molar-refractivity contribution in [1.29, 1.82) is 0 Å². The summed E-state index contributed by atoms with van der Waals surface area (Å²) in [7, 11) is 1.78. The number of aryl methyl sites for hydroxylation is 1. The van der Waals surface area contributed by atoms with E-state index in [0.717, 1.165) is 22.0 Å². The molecule has 1 atom stereocenters. The Hall–Kier alpha value is -3.22. The Morgan fingerprint density at radius 1 is 1.31 bits per heavy atom. The van der Waals surface area contributed by atoms with Crippen LogP contribution in [0.4, 0.5) is 5.82 Å². The van der Waals surface area contributed by atoms with E-state index in [2.05, 4.69) is 20.3 Å². The van der Waals surface area contributed by atoms with E-state index in [0.29, 0.717) is 24.2 Å². The number of amides is 2. The SMILES string of the molecule is CC(c1c[nH]c2ccncc12)N(C)C(=O)c1cnc2c(c1)CCC(=O)N2. The largest absolute Gasteiger partial charge is 0.361 e. The summed E-state index contributed by atoms with van der Waals surface area (Å²) in [6.07, 6.45) is 8.00. The number of hydrogen-bond acceptors (Lipinski definition) is 4. The average molecular weight is 349 g/mol. The predicted molar refractivity (Wildman–Crippen MR) is 97.8 cm³/mol. The van der Waals surface area contributed by atoms with Gasteiger partial charge in [-0.25, -0.2) is 4.98 Å². The number of carbonyl (C=O) groups excluding carboxylic acids is 2. The van der Waals surface area contributed by atoms with E-state index in [-0.39, 0.29) is 17.9 Å². The summed E-state index contributed by atoms with van der Waals surface area (Å²) >= 11 is 0.